The number of fused-ring (bicyclic) bond motifs is 1. The summed E-state index contributed by atoms with van der Waals surface area (Å²) in [5, 5.41) is 0.804. The zero-order chi connectivity index (χ0) is 14.1. The van der Waals surface area contributed by atoms with Crippen molar-refractivity contribution in [3.8, 4) is 0 Å². The van der Waals surface area contributed by atoms with Gasteiger partial charge in [-0.15, -0.1) is 0 Å². The molecule has 3 rings (SSSR count). The van der Waals surface area contributed by atoms with E-state index in [0.29, 0.717) is 5.92 Å². The van der Waals surface area contributed by atoms with Crippen LogP contribution in [0.3, 0.4) is 0 Å². The molecule has 0 aliphatic heterocycles. The summed E-state index contributed by atoms with van der Waals surface area (Å²) in [5.41, 5.74) is 8.13. The SMILES string of the molecule is Cc1ccc(C(NN)C2Cc3ccccc3C2)cc1Cl. The highest BCUT2D eigenvalue weighted by Crippen LogP contribution is 2.35. The van der Waals surface area contributed by atoms with E-state index in [-0.39, 0.29) is 6.04 Å². The average Bonchev–Trinajstić information content (AvgIpc) is 2.87. The highest BCUT2D eigenvalue weighted by Gasteiger charge is 2.29. The normalized spacial score (nSPS) is 16.1. The number of hydrogen-bond donors (Lipinski definition) is 2. The number of nitrogens with one attached hydrogen (secondary N) is 1. The number of halogens is 1. The molecule has 0 bridgehead atoms. The summed E-state index contributed by atoms with van der Waals surface area (Å²) in [5.74, 6) is 6.30. The summed E-state index contributed by atoms with van der Waals surface area (Å²) in [6.07, 6.45) is 2.13. The molecule has 3 heteroatoms. The van der Waals surface area contributed by atoms with Gasteiger partial charge in [-0.1, -0.05) is 48.0 Å². The van der Waals surface area contributed by atoms with Crippen LogP contribution in [0, 0.1) is 12.8 Å². The van der Waals surface area contributed by atoms with Gasteiger partial charge < -0.3 is 0 Å². The fourth-order valence-corrected chi connectivity index (χ4v) is 3.32. The minimum absolute atomic E-state index is 0.139. The summed E-state index contributed by atoms with van der Waals surface area (Å²) in [7, 11) is 0. The third kappa shape index (κ3) is 2.47. The van der Waals surface area contributed by atoms with Gasteiger partial charge in [0.15, 0.2) is 0 Å². The van der Waals surface area contributed by atoms with E-state index in [9.17, 15) is 0 Å². The molecule has 0 fully saturated rings. The molecule has 0 spiro atoms. The minimum atomic E-state index is 0.139. The number of nitrogens with two attached hydrogens (primary N) is 1. The Kier molecular flexibility index (Phi) is 3.79. The molecule has 0 amide bonds. The van der Waals surface area contributed by atoms with Crippen molar-refractivity contribution in [2.75, 3.05) is 0 Å². The van der Waals surface area contributed by atoms with Crippen molar-refractivity contribution in [3.63, 3.8) is 0 Å². The Hall–Kier alpha value is -1.35. The first-order valence-electron chi connectivity index (χ1n) is 6.98. The van der Waals surface area contributed by atoms with Crippen LogP contribution in [0.4, 0.5) is 0 Å². The highest BCUT2D eigenvalue weighted by atomic mass is 35.5. The molecule has 3 N–H and O–H groups in total. The number of hydrazine groups is 1. The quantitative estimate of drug-likeness (QED) is 0.669. The highest BCUT2D eigenvalue weighted by molar-refractivity contribution is 6.31. The van der Waals surface area contributed by atoms with Crippen LogP contribution < -0.4 is 11.3 Å². The fourth-order valence-electron chi connectivity index (χ4n) is 3.14. The van der Waals surface area contributed by atoms with Gasteiger partial charge in [0, 0.05) is 11.1 Å². The van der Waals surface area contributed by atoms with Crippen LogP contribution in [0.25, 0.3) is 0 Å². The van der Waals surface area contributed by atoms with Gasteiger partial charge in [0.05, 0.1) is 0 Å². The van der Waals surface area contributed by atoms with Crippen molar-refractivity contribution in [2.45, 2.75) is 25.8 Å². The molecule has 0 heterocycles. The topological polar surface area (TPSA) is 38.0 Å². The Bertz CT molecular complexity index is 599. The molecule has 0 aromatic heterocycles. The molecule has 1 atom stereocenters. The smallest absolute Gasteiger partial charge is 0.0495 e. The van der Waals surface area contributed by atoms with Crippen molar-refractivity contribution in [2.24, 2.45) is 11.8 Å². The van der Waals surface area contributed by atoms with Crippen LogP contribution in [0.1, 0.15) is 28.3 Å². The van der Waals surface area contributed by atoms with Crippen LogP contribution >= 0.6 is 11.6 Å². The lowest BCUT2D eigenvalue weighted by molar-refractivity contribution is 0.379. The van der Waals surface area contributed by atoms with Gasteiger partial charge in [0.1, 0.15) is 0 Å². The number of hydrogen-bond acceptors (Lipinski definition) is 2. The van der Waals surface area contributed by atoms with Gasteiger partial charge in [-0.2, -0.15) is 0 Å². The molecule has 2 aromatic rings. The van der Waals surface area contributed by atoms with Crippen LogP contribution in [-0.2, 0) is 12.8 Å². The summed E-state index contributed by atoms with van der Waals surface area (Å²) in [6.45, 7) is 2.02. The monoisotopic (exact) mass is 286 g/mol. The molecule has 1 aliphatic carbocycles. The van der Waals surface area contributed by atoms with E-state index < -0.39 is 0 Å². The predicted molar refractivity (Wildman–Crippen MR) is 83.6 cm³/mol. The third-order valence-corrected chi connectivity index (χ3v) is 4.70. The fraction of sp³-hybridized carbons (Fsp3) is 0.294. The summed E-state index contributed by atoms with van der Waals surface area (Å²) >= 11 is 6.24. The van der Waals surface area contributed by atoms with E-state index >= 15 is 0 Å². The maximum atomic E-state index is 6.24. The van der Waals surface area contributed by atoms with E-state index in [1.165, 1.54) is 16.7 Å². The molecule has 0 saturated heterocycles. The Morgan fingerprint density at radius 2 is 1.80 bits per heavy atom. The molecule has 20 heavy (non-hydrogen) atoms. The van der Waals surface area contributed by atoms with Gasteiger partial charge in [0.2, 0.25) is 0 Å². The van der Waals surface area contributed by atoms with Crippen LogP contribution in [0.15, 0.2) is 42.5 Å². The first kappa shape index (κ1) is 13.6. The molecular formula is C17H19ClN2. The molecule has 0 saturated carbocycles. The summed E-state index contributed by atoms with van der Waals surface area (Å²) in [4.78, 5) is 0. The van der Waals surface area contributed by atoms with E-state index in [2.05, 4.69) is 41.8 Å². The Morgan fingerprint density at radius 1 is 1.15 bits per heavy atom. The van der Waals surface area contributed by atoms with Crippen LogP contribution in [0.2, 0.25) is 5.02 Å². The first-order valence-corrected chi connectivity index (χ1v) is 7.36. The maximum Gasteiger partial charge on any atom is 0.0495 e. The van der Waals surface area contributed by atoms with E-state index in [1.807, 2.05) is 13.0 Å². The van der Waals surface area contributed by atoms with Gasteiger partial charge in [-0.05, 0) is 54.0 Å². The largest absolute Gasteiger partial charge is 0.271 e. The van der Waals surface area contributed by atoms with Gasteiger partial charge in [-0.25, -0.2) is 0 Å². The number of benzene rings is 2. The lowest BCUT2D eigenvalue weighted by atomic mass is 9.90. The zero-order valence-electron chi connectivity index (χ0n) is 11.6. The Balaban J connectivity index is 1.87. The standard InChI is InChI=1S/C17H19ClN2/c1-11-6-7-14(10-16(11)18)17(20-19)15-8-12-4-2-3-5-13(12)9-15/h2-7,10,15,17,20H,8-9,19H2,1H3. The van der Waals surface area contributed by atoms with Crippen molar-refractivity contribution in [3.05, 3.63) is 69.7 Å². The number of rotatable bonds is 3. The van der Waals surface area contributed by atoms with E-state index in [0.717, 1.165) is 23.4 Å². The first-order chi connectivity index (χ1) is 9.69. The van der Waals surface area contributed by atoms with Gasteiger partial charge in [0.25, 0.3) is 0 Å². The molecule has 0 radical (unpaired) electrons. The second-order valence-corrected chi connectivity index (χ2v) is 6.00. The lowest BCUT2D eigenvalue weighted by Gasteiger charge is -2.23. The third-order valence-electron chi connectivity index (χ3n) is 4.29. The second-order valence-electron chi connectivity index (χ2n) is 5.59. The van der Waals surface area contributed by atoms with Crippen molar-refractivity contribution in [1.82, 2.24) is 5.43 Å². The van der Waals surface area contributed by atoms with Crippen molar-refractivity contribution < 1.29 is 0 Å². The lowest BCUT2D eigenvalue weighted by Crippen LogP contribution is -2.34. The van der Waals surface area contributed by atoms with Crippen LogP contribution in [0.5, 0.6) is 0 Å². The molecule has 2 nitrogen and oxygen atoms in total. The molecule has 104 valence electrons. The molecule has 2 aromatic carbocycles. The van der Waals surface area contributed by atoms with E-state index in [4.69, 9.17) is 17.4 Å². The van der Waals surface area contributed by atoms with Crippen molar-refractivity contribution in [1.29, 1.82) is 0 Å². The Labute approximate surface area is 124 Å². The Morgan fingerprint density at radius 3 is 2.35 bits per heavy atom. The van der Waals surface area contributed by atoms with Gasteiger partial charge in [-0.3, -0.25) is 11.3 Å². The minimum Gasteiger partial charge on any atom is -0.271 e. The summed E-state index contributed by atoms with van der Waals surface area (Å²) in [6, 6.07) is 15.0. The average molecular weight is 287 g/mol. The molecule has 1 unspecified atom stereocenters. The summed E-state index contributed by atoms with van der Waals surface area (Å²) < 4.78 is 0. The molecular weight excluding hydrogens is 268 g/mol. The molecule has 1 aliphatic rings. The van der Waals surface area contributed by atoms with E-state index in [1.54, 1.807) is 0 Å². The van der Waals surface area contributed by atoms with Gasteiger partial charge >= 0.3 is 0 Å². The second kappa shape index (κ2) is 5.57. The zero-order valence-corrected chi connectivity index (χ0v) is 12.3. The maximum absolute atomic E-state index is 6.24. The van der Waals surface area contributed by atoms with Crippen LogP contribution in [-0.4, -0.2) is 0 Å². The number of aryl methyl sites for hydroxylation is 1. The predicted octanol–water partition coefficient (Wildman–Crippen LogP) is 3.57. The van der Waals surface area contributed by atoms with Crippen molar-refractivity contribution >= 4 is 11.6 Å².